The third kappa shape index (κ3) is 5.20. The van der Waals surface area contributed by atoms with Crippen LogP contribution < -0.4 is 9.54 Å². The molecule has 0 unspecified atom stereocenters. The Morgan fingerprint density at radius 1 is 0.882 bits per heavy atom. The summed E-state index contributed by atoms with van der Waals surface area (Å²) in [6.07, 6.45) is 0.940. The van der Waals surface area contributed by atoms with Gasteiger partial charge in [0.25, 0.3) is 0 Å². The molecule has 4 aromatic rings. The van der Waals surface area contributed by atoms with Crippen LogP contribution in [0, 0.1) is 23.3 Å². The normalized spacial score (nSPS) is 12.1. The number of hydrogen-bond acceptors (Lipinski definition) is 4. The summed E-state index contributed by atoms with van der Waals surface area (Å²) in [5.41, 5.74) is 0.246. The van der Waals surface area contributed by atoms with E-state index in [0.29, 0.717) is 17.3 Å². The number of ether oxygens (including phenoxy) is 1. The van der Waals surface area contributed by atoms with Crippen LogP contribution in [0.3, 0.4) is 0 Å². The molecule has 0 saturated carbocycles. The van der Waals surface area contributed by atoms with Crippen molar-refractivity contribution in [1.82, 2.24) is 4.68 Å². The van der Waals surface area contributed by atoms with Crippen molar-refractivity contribution in [3.63, 3.8) is 0 Å². The highest BCUT2D eigenvalue weighted by Crippen LogP contribution is 2.25. The quantitative estimate of drug-likeness (QED) is 0.224. The van der Waals surface area contributed by atoms with Crippen molar-refractivity contribution in [2.24, 2.45) is 10.1 Å². The standard InChI is InChI=1S/C23H13F6N3OS/c24-14-6-9-20(19(27)10-14)31-23-32(30-11-16-17(25)2-1-3-18(16)26)21(12-34-23)13-4-7-15(8-5-13)33-22(28)29/h1-12,22H/b30-11+,31-23?. The van der Waals surface area contributed by atoms with Crippen molar-refractivity contribution < 1.29 is 31.1 Å². The highest BCUT2D eigenvalue weighted by atomic mass is 32.1. The molecule has 0 bridgehead atoms. The van der Waals surface area contributed by atoms with Crippen LogP contribution >= 0.6 is 11.3 Å². The van der Waals surface area contributed by atoms with Crippen LogP contribution in [-0.4, -0.2) is 17.5 Å². The fourth-order valence-electron chi connectivity index (χ4n) is 2.92. The lowest BCUT2D eigenvalue weighted by molar-refractivity contribution is -0.0498. The Morgan fingerprint density at radius 3 is 2.24 bits per heavy atom. The van der Waals surface area contributed by atoms with Gasteiger partial charge in [-0.15, -0.1) is 11.3 Å². The first kappa shape index (κ1) is 23.3. The molecule has 1 heterocycles. The summed E-state index contributed by atoms with van der Waals surface area (Å²) in [6.45, 7) is -2.99. The largest absolute Gasteiger partial charge is 0.435 e. The van der Waals surface area contributed by atoms with Crippen LogP contribution in [0.25, 0.3) is 11.3 Å². The third-order valence-corrected chi connectivity index (χ3v) is 5.30. The minimum atomic E-state index is -2.99. The van der Waals surface area contributed by atoms with E-state index in [9.17, 15) is 26.3 Å². The SMILES string of the molecule is Fc1ccc(N=c2scc(-c3ccc(OC(F)F)cc3)n2/N=C/c2c(F)cccc2F)c(F)c1. The fraction of sp³-hybridized carbons (Fsp3) is 0.0435. The lowest BCUT2D eigenvalue weighted by Gasteiger charge is -2.07. The summed E-state index contributed by atoms with van der Waals surface area (Å²) in [5, 5.41) is 5.71. The van der Waals surface area contributed by atoms with Gasteiger partial charge in [0.15, 0.2) is 5.82 Å². The van der Waals surface area contributed by atoms with Gasteiger partial charge in [0, 0.05) is 17.0 Å². The average Bonchev–Trinajstić information content (AvgIpc) is 3.18. The average molecular weight is 493 g/mol. The van der Waals surface area contributed by atoms with E-state index in [1.54, 1.807) is 5.38 Å². The topological polar surface area (TPSA) is 38.9 Å². The van der Waals surface area contributed by atoms with Crippen LogP contribution in [0.5, 0.6) is 5.75 Å². The highest BCUT2D eigenvalue weighted by molar-refractivity contribution is 7.07. The Hall–Kier alpha value is -3.86. The van der Waals surface area contributed by atoms with Gasteiger partial charge < -0.3 is 4.74 Å². The minimum absolute atomic E-state index is 0.0734. The smallest absolute Gasteiger partial charge is 0.387 e. The van der Waals surface area contributed by atoms with Crippen LogP contribution in [0.4, 0.5) is 32.0 Å². The highest BCUT2D eigenvalue weighted by Gasteiger charge is 2.12. The van der Waals surface area contributed by atoms with Crippen molar-refractivity contribution in [2.45, 2.75) is 6.61 Å². The lowest BCUT2D eigenvalue weighted by atomic mass is 10.2. The van der Waals surface area contributed by atoms with E-state index in [1.165, 1.54) is 35.0 Å². The van der Waals surface area contributed by atoms with Gasteiger partial charge >= 0.3 is 6.61 Å². The summed E-state index contributed by atoms with van der Waals surface area (Å²) < 4.78 is 85.9. The van der Waals surface area contributed by atoms with Gasteiger partial charge in [-0.3, -0.25) is 0 Å². The van der Waals surface area contributed by atoms with Crippen molar-refractivity contribution in [3.8, 4) is 17.0 Å². The number of halogens is 6. The van der Waals surface area contributed by atoms with Crippen LogP contribution in [-0.2, 0) is 0 Å². The second kappa shape index (κ2) is 9.96. The van der Waals surface area contributed by atoms with E-state index in [-0.39, 0.29) is 16.2 Å². The molecule has 174 valence electrons. The number of aromatic nitrogens is 1. The number of thiazole rings is 1. The van der Waals surface area contributed by atoms with Crippen molar-refractivity contribution in [2.75, 3.05) is 0 Å². The van der Waals surface area contributed by atoms with Gasteiger partial charge in [-0.2, -0.15) is 13.9 Å². The molecule has 0 fully saturated rings. The summed E-state index contributed by atoms with van der Waals surface area (Å²) in [4.78, 5) is 4.26. The monoisotopic (exact) mass is 493 g/mol. The van der Waals surface area contributed by atoms with E-state index in [0.717, 1.165) is 41.8 Å². The molecule has 0 spiro atoms. The first-order valence-electron chi connectivity index (χ1n) is 9.56. The zero-order valence-corrected chi connectivity index (χ0v) is 17.7. The minimum Gasteiger partial charge on any atom is -0.435 e. The molecule has 0 aliphatic carbocycles. The summed E-state index contributed by atoms with van der Waals surface area (Å²) in [7, 11) is 0. The van der Waals surface area contributed by atoms with E-state index in [2.05, 4.69) is 14.8 Å². The molecule has 1 aromatic heterocycles. The fourth-order valence-corrected chi connectivity index (χ4v) is 3.77. The zero-order valence-electron chi connectivity index (χ0n) is 16.9. The van der Waals surface area contributed by atoms with Gasteiger partial charge in [0.2, 0.25) is 4.80 Å². The number of nitrogens with zero attached hydrogens (tertiary/aromatic N) is 3. The summed E-state index contributed by atoms with van der Waals surface area (Å²) in [6, 6.07) is 11.7. The maximum Gasteiger partial charge on any atom is 0.387 e. The Morgan fingerprint density at radius 2 is 1.59 bits per heavy atom. The second-order valence-corrected chi connectivity index (χ2v) is 7.54. The zero-order chi connectivity index (χ0) is 24.2. The molecule has 0 saturated heterocycles. The summed E-state index contributed by atoms with van der Waals surface area (Å²) >= 11 is 1.02. The molecule has 0 amide bonds. The molecule has 0 radical (unpaired) electrons. The first-order valence-corrected chi connectivity index (χ1v) is 10.4. The number of benzene rings is 3. The van der Waals surface area contributed by atoms with E-state index < -0.39 is 35.4 Å². The van der Waals surface area contributed by atoms with Gasteiger partial charge in [0.1, 0.15) is 28.9 Å². The second-order valence-electron chi connectivity index (χ2n) is 6.71. The van der Waals surface area contributed by atoms with Gasteiger partial charge in [-0.05, 0) is 48.5 Å². The van der Waals surface area contributed by atoms with Gasteiger partial charge in [0.05, 0.1) is 17.5 Å². The molecule has 3 aromatic carbocycles. The Labute approximate surface area is 192 Å². The molecule has 0 atom stereocenters. The molecular weight excluding hydrogens is 480 g/mol. The Balaban J connectivity index is 1.84. The molecule has 0 aliphatic rings. The predicted octanol–water partition coefficient (Wildman–Crippen LogP) is 6.49. The molecule has 4 rings (SSSR count). The van der Waals surface area contributed by atoms with Crippen molar-refractivity contribution in [3.05, 3.63) is 99.7 Å². The summed E-state index contributed by atoms with van der Waals surface area (Å²) in [5.74, 6) is -3.47. The van der Waals surface area contributed by atoms with Crippen LogP contribution in [0.2, 0.25) is 0 Å². The molecule has 0 N–H and O–H groups in total. The maximum atomic E-state index is 14.2. The lowest BCUT2D eigenvalue weighted by Crippen LogP contribution is -2.12. The predicted molar refractivity (Wildman–Crippen MR) is 115 cm³/mol. The third-order valence-electron chi connectivity index (χ3n) is 4.49. The maximum absolute atomic E-state index is 14.2. The van der Waals surface area contributed by atoms with Crippen molar-refractivity contribution >= 4 is 23.2 Å². The van der Waals surface area contributed by atoms with E-state index >= 15 is 0 Å². The van der Waals surface area contributed by atoms with Crippen LogP contribution in [0.1, 0.15) is 5.56 Å². The van der Waals surface area contributed by atoms with E-state index in [4.69, 9.17) is 0 Å². The van der Waals surface area contributed by atoms with E-state index in [1.807, 2.05) is 0 Å². The molecule has 34 heavy (non-hydrogen) atoms. The number of rotatable bonds is 6. The molecule has 11 heteroatoms. The van der Waals surface area contributed by atoms with Gasteiger partial charge in [-0.25, -0.2) is 27.2 Å². The molecular formula is C23H13F6N3OS. The molecule has 0 aliphatic heterocycles. The Kier molecular flexibility index (Phi) is 6.82. The van der Waals surface area contributed by atoms with Gasteiger partial charge in [-0.1, -0.05) is 6.07 Å². The number of hydrogen-bond donors (Lipinski definition) is 0. The number of alkyl halides is 2. The van der Waals surface area contributed by atoms with Crippen molar-refractivity contribution in [1.29, 1.82) is 0 Å². The molecule has 4 nitrogen and oxygen atoms in total. The first-order chi connectivity index (χ1) is 16.3. The van der Waals surface area contributed by atoms with Crippen LogP contribution in [0.15, 0.2) is 76.1 Å². The Bertz CT molecular complexity index is 1390.